The van der Waals surface area contributed by atoms with Gasteiger partial charge in [-0.2, -0.15) is 13.2 Å². The van der Waals surface area contributed by atoms with E-state index in [4.69, 9.17) is 5.11 Å². The Morgan fingerprint density at radius 1 is 1.38 bits per heavy atom. The third-order valence-corrected chi connectivity index (χ3v) is 2.46. The van der Waals surface area contributed by atoms with Crippen LogP contribution in [0.5, 0.6) is 0 Å². The van der Waals surface area contributed by atoms with Crippen molar-refractivity contribution in [2.45, 2.75) is 6.18 Å². The summed E-state index contributed by atoms with van der Waals surface area (Å²) in [5.41, 5.74) is -2.89. The summed E-state index contributed by atoms with van der Waals surface area (Å²) in [6.45, 7) is 0. The molecule has 0 saturated heterocycles. The summed E-state index contributed by atoms with van der Waals surface area (Å²) in [6, 6.07) is 1.79. The van der Waals surface area contributed by atoms with Crippen LogP contribution >= 0.6 is 0 Å². The molecule has 2 aromatic rings. The molecule has 1 aromatic carbocycles. The second-order valence-electron chi connectivity index (χ2n) is 3.81. The van der Waals surface area contributed by atoms with Crippen molar-refractivity contribution >= 4 is 11.7 Å². The van der Waals surface area contributed by atoms with Gasteiger partial charge in [0, 0.05) is 6.07 Å². The maximum absolute atomic E-state index is 12.5. The molecule has 1 heterocycles. The number of benzene rings is 1. The van der Waals surface area contributed by atoms with Crippen molar-refractivity contribution in [2.75, 3.05) is 0 Å². The average molecular weight is 302 g/mol. The van der Waals surface area contributed by atoms with Gasteiger partial charge < -0.3 is 5.11 Å². The van der Waals surface area contributed by atoms with E-state index in [0.29, 0.717) is 12.1 Å². The summed E-state index contributed by atoms with van der Waals surface area (Å²) in [7, 11) is 0. The largest absolute Gasteiger partial charge is 0.476 e. The van der Waals surface area contributed by atoms with E-state index in [9.17, 15) is 28.1 Å². The second-order valence-corrected chi connectivity index (χ2v) is 3.81. The van der Waals surface area contributed by atoms with Crippen LogP contribution in [0.2, 0.25) is 0 Å². The molecule has 1 aromatic heterocycles. The van der Waals surface area contributed by atoms with Crippen molar-refractivity contribution in [3.63, 3.8) is 0 Å². The van der Waals surface area contributed by atoms with Crippen molar-refractivity contribution in [3.05, 3.63) is 45.8 Å². The van der Waals surface area contributed by atoms with Crippen LogP contribution in [0.1, 0.15) is 16.1 Å². The van der Waals surface area contributed by atoms with Crippen LogP contribution in [0.3, 0.4) is 0 Å². The van der Waals surface area contributed by atoms with Gasteiger partial charge in [-0.15, -0.1) is 5.10 Å². The molecule has 0 aliphatic heterocycles. The number of alkyl halides is 3. The molecule has 0 aliphatic rings. The van der Waals surface area contributed by atoms with E-state index in [1.807, 2.05) is 0 Å². The van der Waals surface area contributed by atoms with Crippen LogP contribution in [-0.4, -0.2) is 31.0 Å². The highest BCUT2D eigenvalue weighted by molar-refractivity contribution is 5.84. The molecule has 110 valence electrons. The number of aromatic carboxylic acids is 1. The standard InChI is InChI=1S/C10H5F3N4O4/c11-10(12,13)5-1-2-7(8(3-5)17(20)21)16-4-6(9(18)19)14-15-16/h1-4H,(H,18,19). The lowest BCUT2D eigenvalue weighted by atomic mass is 10.1. The first kappa shape index (κ1) is 14.4. The van der Waals surface area contributed by atoms with Gasteiger partial charge in [-0.05, 0) is 12.1 Å². The number of carbonyl (C=O) groups is 1. The third kappa shape index (κ3) is 2.80. The number of hydrogen-bond donors (Lipinski definition) is 1. The number of hydrogen-bond acceptors (Lipinski definition) is 5. The average Bonchev–Trinajstić information content (AvgIpc) is 2.86. The third-order valence-electron chi connectivity index (χ3n) is 2.46. The van der Waals surface area contributed by atoms with Crippen LogP contribution in [0.15, 0.2) is 24.4 Å². The highest BCUT2D eigenvalue weighted by Crippen LogP contribution is 2.34. The first-order chi connectivity index (χ1) is 9.70. The Labute approximate surface area is 113 Å². The molecule has 0 radical (unpaired) electrons. The highest BCUT2D eigenvalue weighted by atomic mass is 19.4. The van der Waals surface area contributed by atoms with Crippen LogP contribution < -0.4 is 0 Å². The monoisotopic (exact) mass is 302 g/mol. The maximum Gasteiger partial charge on any atom is 0.416 e. The SMILES string of the molecule is O=C(O)c1cn(-c2ccc(C(F)(F)F)cc2[N+](=O)[O-])nn1. The van der Waals surface area contributed by atoms with Gasteiger partial charge in [0.05, 0.1) is 16.7 Å². The molecular formula is C10H5F3N4O4. The molecule has 0 aliphatic carbocycles. The quantitative estimate of drug-likeness (QED) is 0.684. The fraction of sp³-hybridized carbons (Fsp3) is 0.100. The fourth-order valence-corrected chi connectivity index (χ4v) is 1.52. The maximum atomic E-state index is 12.5. The lowest BCUT2D eigenvalue weighted by Crippen LogP contribution is -2.08. The zero-order chi connectivity index (χ0) is 15.8. The van der Waals surface area contributed by atoms with Crippen molar-refractivity contribution < 1.29 is 28.0 Å². The number of halogens is 3. The molecule has 11 heteroatoms. The van der Waals surface area contributed by atoms with Gasteiger partial charge in [-0.3, -0.25) is 10.1 Å². The molecule has 0 atom stereocenters. The van der Waals surface area contributed by atoms with Gasteiger partial charge >= 0.3 is 12.1 Å². The van der Waals surface area contributed by atoms with Crippen LogP contribution in [-0.2, 0) is 6.18 Å². The van der Waals surface area contributed by atoms with Crippen molar-refractivity contribution in [1.82, 2.24) is 15.0 Å². The van der Waals surface area contributed by atoms with E-state index in [1.54, 1.807) is 0 Å². The van der Waals surface area contributed by atoms with Gasteiger partial charge in [0.2, 0.25) is 0 Å². The van der Waals surface area contributed by atoms with Gasteiger partial charge in [-0.25, -0.2) is 9.48 Å². The van der Waals surface area contributed by atoms with E-state index in [1.165, 1.54) is 0 Å². The zero-order valence-corrected chi connectivity index (χ0v) is 9.90. The second kappa shape index (κ2) is 4.85. The van der Waals surface area contributed by atoms with Crippen molar-refractivity contribution in [3.8, 4) is 5.69 Å². The summed E-state index contributed by atoms with van der Waals surface area (Å²) >= 11 is 0. The molecule has 0 bridgehead atoms. The van der Waals surface area contributed by atoms with Crippen molar-refractivity contribution in [1.29, 1.82) is 0 Å². The summed E-state index contributed by atoms with van der Waals surface area (Å²) in [4.78, 5) is 20.5. The molecule has 0 unspecified atom stereocenters. The zero-order valence-electron chi connectivity index (χ0n) is 9.90. The smallest absolute Gasteiger partial charge is 0.416 e. The number of nitro groups is 1. The number of carboxylic acids is 1. The van der Waals surface area contributed by atoms with Crippen LogP contribution in [0, 0.1) is 10.1 Å². The van der Waals surface area contributed by atoms with E-state index >= 15 is 0 Å². The fourth-order valence-electron chi connectivity index (χ4n) is 1.52. The van der Waals surface area contributed by atoms with Crippen LogP contribution in [0.25, 0.3) is 5.69 Å². The van der Waals surface area contributed by atoms with E-state index in [-0.39, 0.29) is 5.69 Å². The topological polar surface area (TPSA) is 111 Å². The number of rotatable bonds is 3. The lowest BCUT2D eigenvalue weighted by Gasteiger charge is -2.08. The Balaban J connectivity index is 2.57. The number of carboxylic acid groups (broad SMARTS) is 1. The minimum absolute atomic E-state index is 0.326. The first-order valence-electron chi connectivity index (χ1n) is 5.22. The Morgan fingerprint density at radius 2 is 2.05 bits per heavy atom. The predicted molar refractivity (Wildman–Crippen MR) is 60.0 cm³/mol. The molecular weight excluding hydrogens is 297 g/mol. The molecule has 2 rings (SSSR count). The Bertz CT molecular complexity index is 725. The Kier molecular flexibility index (Phi) is 3.33. The molecule has 0 fully saturated rings. The Hall–Kier alpha value is -2.98. The molecule has 1 N–H and O–H groups in total. The van der Waals surface area contributed by atoms with E-state index in [2.05, 4.69) is 10.3 Å². The minimum Gasteiger partial charge on any atom is -0.476 e. The van der Waals surface area contributed by atoms with E-state index in [0.717, 1.165) is 16.9 Å². The Morgan fingerprint density at radius 3 is 2.52 bits per heavy atom. The summed E-state index contributed by atoms with van der Waals surface area (Å²) in [5, 5.41) is 26.1. The summed E-state index contributed by atoms with van der Waals surface area (Å²) in [6.07, 6.45) is -3.88. The molecule has 0 saturated carbocycles. The molecule has 8 nitrogen and oxygen atoms in total. The first-order valence-corrected chi connectivity index (χ1v) is 5.22. The number of nitrogens with zero attached hydrogens (tertiary/aromatic N) is 4. The van der Waals surface area contributed by atoms with Crippen molar-refractivity contribution in [2.24, 2.45) is 0 Å². The highest BCUT2D eigenvalue weighted by Gasteiger charge is 2.33. The minimum atomic E-state index is -4.74. The van der Waals surface area contributed by atoms with Gasteiger partial charge in [0.1, 0.15) is 5.69 Å². The normalized spacial score (nSPS) is 11.4. The molecule has 21 heavy (non-hydrogen) atoms. The van der Waals surface area contributed by atoms with E-state index < -0.39 is 34.0 Å². The summed E-state index contributed by atoms with van der Waals surface area (Å²) in [5.74, 6) is -1.42. The predicted octanol–water partition coefficient (Wildman–Crippen LogP) is 1.89. The van der Waals surface area contributed by atoms with Gasteiger partial charge in [0.15, 0.2) is 5.69 Å². The van der Waals surface area contributed by atoms with Gasteiger partial charge in [-0.1, -0.05) is 5.21 Å². The van der Waals surface area contributed by atoms with Crippen LogP contribution in [0.4, 0.5) is 18.9 Å². The molecule has 0 amide bonds. The number of aromatic nitrogens is 3. The molecule has 0 spiro atoms. The number of nitro benzene ring substituents is 1. The summed E-state index contributed by atoms with van der Waals surface area (Å²) < 4.78 is 38.3. The lowest BCUT2D eigenvalue weighted by molar-refractivity contribution is -0.384. The van der Waals surface area contributed by atoms with Gasteiger partial charge in [0.25, 0.3) is 5.69 Å².